The van der Waals surface area contributed by atoms with Crippen molar-refractivity contribution < 1.29 is 4.79 Å². The van der Waals surface area contributed by atoms with Crippen LogP contribution in [0.1, 0.15) is 39.5 Å². The molecule has 98 valence electrons. The number of carbonyl (C=O) groups excluding carboxylic acids is 1. The van der Waals surface area contributed by atoms with E-state index in [0.29, 0.717) is 0 Å². The third kappa shape index (κ3) is 3.35. The highest BCUT2D eigenvalue weighted by atomic mass is 16.2. The molecule has 1 heterocycles. The number of piperazine rings is 1. The second-order valence-electron chi connectivity index (χ2n) is 5.57. The molecule has 2 fully saturated rings. The smallest absolute Gasteiger partial charge is 0.317 e. The number of nitrogens with zero attached hydrogens (tertiary/aromatic N) is 2. The second-order valence-corrected chi connectivity index (χ2v) is 5.57. The van der Waals surface area contributed by atoms with Crippen LogP contribution in [0.15, 0.2) is 0 Å². The maximum absolute atomic E-state index is 11.8. The predicted octanol–water partition coefficient (Wildman–Crippen LogP) is 1.66. The van der Waals surface area contributed by atoms with E-state index in [-0.39, 0.29) is 12.1 Å². The quantitative estimate of drug-likeness (QED) is 0.795. The van der Waals surface area contributed by atoms with Crippen molar-refractivity contribution in [3.05, 3.63) is 0 Å². The lowest BCUT2D eigenvalue weighted by Crippen LogP contribution is -2.54. The molecule has 1 aliphatic heterocycles. The molecule has 0 radical (unpaired) electrons. The summed E-state index contributed by atoms with van der Waals surface area (Å²) >= 11 is 0. The fourth-order valence-corrected chi connectivity index (χ4v) is 2.90. The third-order valence-corrected chi connectivity index (χ3v) is 3.85. The van der Waals surface area contributed by atoms with E-state index in [1.54, 1.807) is 0 Å². The van der Waals surface area contributed by atoms with Gasteiger partial charge in [0.2, 0.25) is 0 Å². The molecular weight excluding hydrogens is 214 g/mol. The van der Waals surface area contributed by atoms with Crippen LogP contribution in [0.25, 0.3) is 0 Å². The van der Waals surface area contributed by atoms with Crippen LogP contribution in [-0.4, -0.2) is 54.1 Å². The molecule has 2 amide bonds. The van der Waals surface area contributed by atoms with Crippen LogP contribution in [0.4, 0.5) is 4.79 Å². The highest BCUT2D eigenvalue weighted by molar-refractivity contribution is 5.74. The molecule has 17 heavy (non-hydrogen) atoms. The fraction of sp³-hybridized carbons (Fsp3) is 0.923. The number of nitrogens with one attached hydrogen (secondary N) is 1. The first-order valence-corrected chi connectivity index (χ1v) is 6.96. The van der Waals surface area contributed by atoms with Crippen molar-refractivity contribution in [2.75, 3.05) is 26.2 Å². The number of hydrogen-bond acceptors (Lipinski definition) is 2. The number of amides is 2. The largest absolute Gasteiger partial charge is 0.336 e. The summed E-state index contributed by atoms with van der Waals surface area (Å²) in [6, 6.07) is 1.13. The lowest BCUT2D eigenvalue weighted by molar-refractivity contribution is 0.109. The monoisotopic (exact) mass is 239 g/mol. The Kier molecular flexibility index (Phi) is 4.26. The van der Waals surface area contributed by atoms with Crippen LogP contribution in [0, 0.1) is 0 Å². The van der Waals surface area contributed by atoms with Crippen molar-refractivity contribution in [2.24, 2.45) is 0 Å². The van der Waals surface area contributed by atoms with Crippen molar-refractivity contribution in [1.29, 1.82) is 0 Å². The average molecular weight is 239 g/mol. The molecule has 4 nitrogen and oxygen atoms in total. The molecule has 0 aromatic heterocycles. The maximum atomic E-state index is 11.8. The fourth-order valence-electron chi connectivity index (χ4n) is 2.90. The number of hydrogen-bond donors (Lipinski definition) is 1. The zero-order valence-corrected chi connectivity index (χ0v) is 11.1. The minimum Gasteiger partial charge on any atom is -0.336 e. The van der Waals surface area contributed by atoms with Gasteiger partial charge in [-0.15, -0.1) is 0 Å². The Morgan fingerprint density at radius 1 is 1.12 bits per heavy atom. The SMILES string of the molecule is CC(C)NC(=O)N1CCN(C2CCCC2)CC1. The Balaban J connectivity index is 1.75. The third-order valence-electron chi connectivity index (χ3n) is 3.85. The van der Waals surface area contributed by atoms with Gasteiger partial charge in [0, 0.05) is 38.3 Å². The van der Waals surface area contributed by atoms with Gasteiger partial charge < -0.3 is 10.2 Å². The number of urea groups is 1. The molecule has 0 spiro atoms. The van der Waals surface area contributed by atoms with Gasteiger partial charge in [0.15, 0.2) is 0 Å². The normalized spacial score (nSPS) is 23.4. The molecule has 0 atom stereocenters. The summed E-state index contributed by atoms with van der Waals surface area (Å²) in [5.74, 6) is 0. The van der Waals surface area contributed by atoms with Crippen LogP contribution in [-0.2, 0) is 0 Å². The minimum atomic E-state index is 0.103. The zero-order chi connectivity index (χ0) is 12.3. The first-order valence-electron chi connectivity index (χ1n) is 6.96. The van der Waals surface area contributed by atoms with E-state index in [9.17, 15) is 4.79 Å². The maximum Gasteiger partial charge on any atom is 0.317 e. The summed E-state index contributed by atoms with van der Waals surface area (Å²) in [6.07, 6.45) is 5.49. The van der Waals surface area contributed by atoms with E-state index in [0.717, 1.165) is 32.2 Å². The highest BCUT2D eigenvalue weighted by Crippen LogP contribution is 2.24. The van der Waals surface area contributed by atoms with Gasteiger partial charge in [-0.3, -0.25) is 4.90 Å². The van der Waals surface area contributed by atoms with E-state index in [4.69, 9.17) is 0 Å². The predicted molar refractivity (Wildman–Crippen MR) is 69.1 cm³/mol. The topological polar surface area (TPSA) is 35.6 Å². The van der Waals surface area contributed by atoms with E-state index >= 15 is 0 Å². The summed E-state index contributed by atoms with van der Waals surface area (Å²) in [4.78, 5) is 16.4. The van der Waals surface area contributed by atoms with Gasteiger partial charge in [0.25, 0.3) is 0 Å². The van der Waals surface area contributed by atoms with Gasteiger partial charge in [-0.05, 0) is 26.7 Å². The summed E-state index contributed by atoms with van der Waals surface area (Å²) < 4.78 is 0. The lowest BCUT2D eigenvalue weighted by atomic mass is 10.2. The molecule has 2 rings (SSSR count). The van der Waals surface area contributed by atoms with Crippen molar-refractivity contribution >= 4 is 6.03 Å². The first-order chi connectivity index (χ1) is 8.16. The number of carbonyl (C=O) groups is 1. The van der Waals surface area contributed by atoms with Crippen molar-refractivity contribution in [3.8, 4) is 0 Å². The molecule has 2 aliphatic rings. The molecular formula is C13H25N3O. The van der Waals surface area contributed by atoms with Gasteiger partial charge in [0.05, 0.1) is 0 Å². The molecule has 1 saturated carbocycles. The molecule has 0 unspecified atom stereocenters. The number of rotatable bonds is 2. The van der Waals surface area contributed by atoms with Crippen LogP contribution in [0.5, 0.6) is 0 Å². The van der Waals surface area contributed by atoms with Gasteiger partial charge in [-0.2, -0.15) is 0 Å². The Hall–Kier alpha value is -0.770. The van der Waals surface area contributed by atoms with Crippen LogP contribution in [0.2, 0.25) is 0 Å². The van der Waals surface area contributed by atoms with Gasteiger partial charge in [0.1, 0.15) is 0 Å². The van der Waals surface area contributed by atoms with E-state index in [2.05, 4.69) is 10.2 Å². The minimum absolute atomic E-state index is 0.103. The molecule has 1 saturated heterocycles. The Morgan fingerprint density at radius 2 is 1.71 bits per heavy atom. The van der Waals surface area contributed by atoms with E-state index < -0.39 is 0 Å². The van der Waals surface area contributed by atoms with Gasteiger partial charge in [-0.1, -0.05) is 12.8 Å². The first kappa shape index (κ1) is 12.7. The van der Waals surface area contributed by atoms with Crippen molar-refractivity contribution in [2.45, 2.75) is 51.6 Å². The van der Waals surface area contributed by atoms with Crippen LogP contribution >= 0.6 is 0 Å². The Labute approximate surface area is 104 Å². The summed E-state index contributed by atoms with van der Waals surface area (Å²) in [5.41, 5.74) is 0. The lowest BCUT2D eigenvalue weighted by Gasteiger charge is -2.38. The summed E-state index contributed by atoms with van der Waals surface area (Å²) in [5, 5.41) is 2.97. The van der Waals surface area contributed by atoms with Gasteiger partial charge in [-0.25, -0.2) is 4.79 Å². The van der Waals surface area contributed by atoms with E-state index in [1.165, 1.54) is 25.7 Å². The molecule has 4 heteroatoms. The molecule has 0 aromatic carbocycles. The standard InChI is InChI=1S/C13H25N3O/c1-11(2)14-13(17)16-9-7-15(8-10-16)12-5-3-4-6-12/h11-12H,3-10H2,1-2H3,(H,14,17). The van der Waals surface area contributed by atoms with Crippen LogP contribution < -0.4 is 5.32 Å². The zero-order valence-electron chi connectivity index (χ0n) is 11.1. The molecule has 1 aliphatic carbocycles. The van der Waals surface area contributed by atoms with E-state index in [1.807, 2.05) is 18.7 Å². The molecule has 0 bridgehead atoms. The second kappa shape index (κ2) is 5.71. The summed E-state index contributed by atoms with van der Waals surface area (Å²) in [7, 11) is 0. The van der Waals surface area contributed by atoms with Crippen molar-refractivity contribution in [3.63, 3.8) is 0 Å². The van der Waals surface area contributed by atoms with Crippen LogP contribution in [0.3, 0.4) is 0 Å². The molecule has 0 aromatic rings. The van der Waals surface area contributed by atoms with Gasteiger partial charge >= 0.3 is 6.03 Å². The average Bonchev–Trinajstić information content (AvgIpc) is 2.82. The molecule has 1 N–H and O–H groups in total. The Bertz CT molecular complexity index is 253. The Morgan fingerprint density at radius 3 is 2.24 bits per heavy atom. The summed E-state index contributed by atoms with van der Waals surface area (Å²) in [6.45, 7) is 7.88. The van der Waals surface area contributed by atoms with Crippen molar-refractivity contribution in [1.82, 2.24) is 15.1 Å². The highest BCUT2D eigenvalue weighted by Gasteiger charge is 2.27.